The lowest BCUT2D eigenvalue weighted by Crippen LogP contribution is -2.40. The van der Waals surface area contributed by atoms with Gasteiger partial charge < -0.3 is 10.1 Å². The van der Waals surface area contributed by atoms with Gasteiger partial charge >= 0.3 is 0 Å². The van der Waals surface area contributed by atoms with Crippen molar-refractivity contribution >= 4 is 11.8 Å². The van der Waals surface area contributed by atoms with E-state index in [-0.39, 0.29) is 0 Å². The average Bonchev–Trinajstić information content (AvgIpc) is 2.20. The summed E-state index contributed by atoms with van der Waals surface area (Å²) in [7, 11) is 2.07. The van der Waals surface area contributed by atoms with E-state index >= 15 is 0 Å². The van der Waals surface area contributed by atoms with E-state index in [2.05, 4.69) is 26.2 Å². The molecule has 0 aliphatic carbocycles. The first-order valence-electron chi connectivity index (χ1n) is 5.60. The number of hydrogen-bond acceptors (Lipinski definition) is 3. The maximum atomic E-state index is 5.52. The van der Waals surface area contributed by atoms with Crippen LogP contribution in [0.2, 0.25) is 0 Å². The highest BCUT2D eigenvalue weighted by atomic mass is 32.2. The van der Waals surface area contributed by atoms with Gasteiger partial charge in [0.2, 0.25) is 0 Å². The third kappa shape index (κ3) is 4.20. The van der Waals surface area contributed by atoms with E-state index in [4.69, 9.17) is 4.74 Å². The van der Waals surface area contributed by atoms with Gasteiger partial charge in [-0.3, -0.25) is 0 Å². The zero-order chi connectivity index (χ0) is 10.4. The van der Waals surface area contributed by atoms with Gasteiger partial charge in [0, 0.05) is 18.4 Å². The van der Waals surface area contributed by atoms with Crippen molar-refractivity contribution in [2.24, 2.45) is 5.92 Å². The molecule has 2 unspecified atom stereocenters. The summed E-state index contributed by atoms with van der Waals surface area (Å²) in [6, 6.07) is 0.627. The monoisotopic (exact) mass is 217 g/mol. The van der Waals surface area contributed by atoms with Crippen molar-refractivity contribution in [1.29, 1.82) is 0 Å². The summed E-state index contributed by atoms with van der Waals surface area (Å²) in [6.07, 6.45) is 2.55. The molecule has 2 nitrogen and oxygen atoms in total. The van der Waals surface area contributed by atoms with Gasteiger partial charge in [-0.05, 0) is 31.1 Å². The average molecular weight is 217 g/mol. The first kappa shape index (κ1) is 12.3. The minimum absolute atomic E-state index is 0.627. The van der Waals surface area contributed by atoms with Crippen molar-refractivity contribution < 1.29 is 4.74 Å². The van der Waals surface area contributed by atoms with Crippen molar-refractivity contribution in [3.63, 3.8) is 0 Å². The molecule has 0 aromatic heterocycles. The first-order chi connectivity index (χ1) is 6.74. The number of rotatable bonds is 5. The molecule has 0 saturated carbocycles. The van der Waals surface area contributed by atoms with Gasteiger partial charge in [-0.1, -0.05) is 13.8 Å². The summed E-state index contributed by atoms with van der Waals surface area (Å²) in [4.78, 5) is 0. The standard InChI is InChI=1S/C11H23NOS/c1-9(2)14-8-11(12-3)10-5-4-6-13-7-10/h9-12H,4-8H2,1-3H3. The second-order valence-electron chi connectivity index (χ2n) is 4.25. The molecule has 84 valence electrons. The number of thioether (sulfide) groups is 1. The maximum absolute atomic E-state index is 5.52. The zero-order valence-electron chi connectivity index (χ0n) is 9.58. The molecule has 0 aromatic rings. The van der Waals surface area contributed by atoms with Crippen LogP contribution >= 0.6 is 11.8 Å². The topological polar surface area (TPSA) is 21.3 Å². The Morgan fingerprint density at radius 3 is 2.79 bits per heavy atom. The quantitative estimate of drug-likeness (QED) is 0.762. The summed E-state index contributed by atoms with van der Waals surface area (Å²) in [5, 5.41) is 4.16. The fraction of sp³-hybridized carbons (Fsp3) is 1.00. The molecule has 1 fully saturated rings. The van der Waals surface area contributed by atoms with E-state index in [9.17, 15) is 0 Å². The predicted octanol–water partition coefficient (Wildman–Crippen LogP) is 2.14. The molecular weight excluding hydrogens is 194 g/mol. The van der Waals surface area contributed by atoms with Gasteiger partial charge in [-0.25, -0.2) is 0 Å². The molecule has 0 spiro atoms. The van der Waals surface area contributed by atoms with E-state index in [0.717, 1.165) is 24.4 Å². The fourth-order valence-corrected chi connectivity index (χ4v) is 2.87. The lowest BCUT2D eigenvalue weighted by atomic mass is 9.95. The third-order valence-electron chi connectivity index (χ3n) is 2.74. The number of nitrogens with one attached hydrogen (secondary N) is 1. The number of hydrogen-bond donors (Lipinski definition) is 1. The molecule has 1 saturated heterocycles. The van der Waals surface area contributed by atoms with Crippen LogP contribution < -0.4 is 5.32 Å². The first-order valence-corrected chi connectivity index (χ1v) is 6.65. The molecule has 0 radical (unpaired) electrons. The van der Waals surface area contributed by atoms with Crippen LogP contribution in [-0.2, 0) is 4.74 Å². The van der Waals surface area contributed by atoms with Crippen LogP contribution in [0.1, 0.15) is 26.7 Å². The largest absolute Gasteiger partial charge is 0.381 e. The smallest absolute Gasteiger partial charge is 0.0509 e. The van der Waals surface area contributed by atoms with Gasteiger partial charge in [0.1, 0.15) is 0 Å². The molecule has 1 heterocycles. The van der Waals surface area contributed by atoms with Crippen LogP contribution in [0.5, 0.6) is 0 Å². The third-order valence-corrected chi connectivity index (χ3v) is 3.96. The second kappa shape index (κ2) is 6.70. The summed E-state index contributed by atoms with van der Waals surface area (Å²) in [5.74, 6) is 1.93. The van der Waals surface area contributed by atoms with Crippen molar-refractivity contribution in [3.8, 4) is 0 Å². The van der Waals surface area contributed by atoms with Crippen LogP contribution in [0, 0.1) is 5.92 Å². The van der Waals surface area contributed by atoms with Crippen LogP contribution in [0.3, 0.4) is 0 Å². The molecule has 1 rings (SSSR count). The molecule has 0 bridgehead atoms. The van der Waals surface area contributed by atoms with Crippen molar-refractivity contribution in [3.05, 3.63) is 0 Å². The molecule has 2 atom stereocenters. The van der Waals surface area contributed by atoms with E-state index in [0.29, 0.717) is 6.04 Å². The molecule has 0 aromatic carbocycles. The fourth-order valence-electron chi connectivity index (χ4n) is 1.83. The molecular formula is C11H23NOS. The van der Waals surface area contributed by atoms with Crippen molar-refractivity contribution in [1.82, 2.24) is 5.32 Å². The van der Waals surface area contributed by atoms with E-state index in [1.165, 1.54) is 18.6 Å². The number of ether oxygens (including phenoxy) is 1. The zero-order valence-corrected chi connectivity index (χ0v) is 10.4. The highest BCUT2D eigenvalue weighted by molar-refractivity contribution is 7.99. The lowest BCUT2D eigenvalue weighted by Gasteiger charge is -2.30. The van der Waals surface area contributed by atoms with E-state index < -0.39 is 0 Å². The van der Waals surface area contributed by atoms with Gasteiger partial charge in [0.05, 0.1) is 6.61 Å². The molecule has 1 aliphatic heterocycles. The summed E-state index contributed by atoms with van der Waals surface area (Å²) in [6.45, 7) is 6.43. The normalized spacial score (nSPS) is 25.3. The Bertz CT molecular complexity index is 146. The molecule has 3 heteroatoms. The summed E-state index contributed by atoms with van der Waals surface area (Å²) >= 11 is 2.04. The van der Waals surface area contributed by atoms with Gasteiger partial charge in [0.25, 0.3) is 0 Å². The van der Waals surface area contributed by atoms with Crippen molar-refractivity contribution in [2.75, 3.05) is 26.0 Å². The molecule has 0 amide bonds. The highest BCUT2D eigenvalue weighted by Gasteiger charge is 2.22. The van der Waals surface area contributed by atoms with Crippen LogP contribution in [-0.4, -0.2) is 37.3 Å². The van der Waals surface area contributed by atoms with E-state index in [1.54, 1.807) is 0 Å². The van der Waals surface area contributed by atoms with Crippen LogP contribution in [0.25, 0.3) is 0 Å². The Hall–Kier alpha value is 0.270. The predicted molar refractivity (Wildman–Crippen MR) is 64.0 cm³/mol. The maximum Gasteiger partial charge on any atom is 0.0509 e. The SMILES string of the molecule is CNC(CSC(C)C)C1CCCOC1. The van der Waals surface area contributed by atoms with Gasteiger partial charge in [0.15, 0.2) is 0 Å². The minimum atomic E-state index is 0.627. The lowest BCUT2D eigenvalue weighted by molar-refractivity contribution is 0.0437. The molecule has 1 N–H and O–H groups in total. The van der Waals surface area contributed by atoms with Gasteiger partial charge in [-0.2, -0.15) is 11.8 Å². The summed E-state index contributed by atoms with van der Waals surface area (Å²) in [5.41, 5.74) is 0. The Labute approximate surface area is 92.2 Å². The Morgan fingerprint density at radius 1 is 1.50 bits per heavy atom. The van der Waals surface area contributed by atoms with Crippen LogP contribution in [0.15, 0.2) is 0 Å². The Balaban J connectivity index is 2.28. The Kier molecular flexibility index (Phi) is 5.90. The molecule has 1 aliphatic rings. The van der Waals surface area contributed by atoms with Crippen LogP contribution in [0.4, 0.5) is 0 Å². The van der Waals surface area contributed by atoms with E-state index in [1.807, 2.05) is 11.8 Å². The summed E-state index contributed by atoms with van der Waals surface area (Å²) < 4.78 is 5.52. The Morgan fingerprint density at radius 2 is 2.29 bits per heavy atom. The minimum Gasteiger partial charge on any atom is -0.381 e. The van der Waals surface area contributed by atoms with Crippen molar-refractivity contribution in [2.45, 2.75) is 38.0 Å². The highest BCUT2D eigenvalue weighted by Crippen LogP contribution is 2.21. The second-order valence-corrected chi connectivity index (χ2v) is 5.86. The molecule has 14 heavy (non-hydrogen) atoms. The van der Waals surface area contributed by atoms with Gasteiger partial charge in [-0.15, -0.1) is 0 Å².